The maximum Gasteiger partial charge on any atom is 0.187 e. The third kappa shape index (κ3) is 5.47. The van der Waals surface area contributed by atoms with Crippen LogP contribution in [0.1, 0.15) is 40.0 Å². The van der Waals surface area contributed by atoms with E-state index < -0.39 is 67.5 Å². The van der Waals surface area contributed by atoms with Gasteiger partial charge >= 0.3 is 0 Å². The molecule has 0 radical (unpaired) electrons. The molecule has 3 aliphatic rings. The van der Waals surface area contributed by atoms with Crippen molar-refractivity contribution in [2.24, 2.45) is 5.92 Å². The highest BCUT2D eigenvalue weighted by molar-refractivity contribution is 5.05. The molecule has 2 saturated heterocycles. The molecular weight excluding hydrogens is 412 g/mol. The molecule has 10 heteroatoms. The number of aliphatic hydroxyl groups is 6. The Bertz CT molecular complexity index is 625. The molecule has 0 saturated carbocycles. The molecule has 10 atom stereocenters. The summed E-state index contributed by atoms with van der Waals surface area (Å²) < 4.78 is 22.5. The molecule has 0 aromatic heterocycles. The van der Waals surface area contributed by atoms with Crippen molar-refractivity contribution < 1.29 is 49.6 Å². The number of hydrogen-bond donors (Lipinski definition) is 6. The Labute approximate surface area is 182 Å². The van der Waals surface area contributed by atoms with Gasteiger partial charge in [-0.25, -0.2) is 0 Å². The third-order valence-electron chi connectivity index (χ3n) is 6.63. The second kappa shape index (κ2) is 10.1. The van der Waals surface area contributed by atoms with E-state index in [0.29, 0.717) is 0 Å². The Balaban J connectivity index is 1.61. The molecule has 0 unspecified atom stereocenters. The van der Waals surface area contributed by atoms with Crippen LogP contribution < -0.4 is 0 Å². The first-order valence-electron chi connectivity index (χ1n) is 10.8. The fraction of sp³-hybridized carbons (Fsp3) is 0.905. The van der Waals surface area contributed by atoms with Crippen LogP contribution in [0.3, 0.4) is 0 Å². The first kappa shape index (κ1) is 25.0. The molecule has 0 aromatic rings. The molecule has 0 spiro atoms. The molecule has 3 rings (SSSR count). The van der Waals surface area contributed by atoms with Gasteiger partial charge in [0.2, 0.25) is 0 Å². The molecule has 6 N–H and O–H groups in total. The SMILES string of the molecule is CC1=CC[C@@H](C(C)(C)O[C@H]2O[C@@H](CO[C@@H]3O[C@@H](CO)[C@@H](O)[C@@H]3O)[C@H](O)[C@@H](O)[C@@H]2O)CC1. The van der Waals surface area contributed by atoms with Crippen molar-refractivity contribution in [2.45, 2.75) is 101 Å². The van der Waals surface area contributed by atoms with Gasteiger partial charge < -0.3 is 49.6 Å². The summed E-state index contributed by atoms with van der Waals surface area (Å²) in [6, 6.07) is 0. The molecule has 0 amide bonds. The van der Waals surface area contributed by atoms with Gasteiger partial charge in [0.15, 0.2) is 12.6 Å². The fourth-order valence-corrected chi connectivity index (χ4v) is 4.34. The van der Waals surface area contributed by atoms with E-state index in [0.717, 1.165) is 19.3 Å². The fourth-order valence-electron chi connectivity index (χ4n) is 4.34. The molecule has 2 fully saturated rings. The van der Waals surface area contributed by atoms with Crippen LogP contribution in [0.25, 0.3) is 0 Å². The molecule has 1 aliphatic carbocycles. The summed E-state index contributed by atoms with van der Waals surface area (Å²) in [6.07, 6.45) is -6.74. The van der Waals surface area contributed by atoms with Gasteiger partial charge in [0.25, 0.3) is 0 Å². The molecule has 2 aliphatic heterocycles. The predicted molar refractivity (Wildman–Crippen MR) is 107 cm³/mol. The largest absolute Gasteiger partial charge is 0.394 e. The summed E-state index contributed by atoms with van der Waals surface area (Å²) >= 11 is 0. The quantitative estimate of drug-likeness (QED) is 0.261. The van der Waals surface area contributed by atoms with Gasteiger partial charge in [0.1, 0.15) is 42.7 Å². The van der Waals surface area contributed by atoms with E-state index in [1.165, 1.54) is 5.57 Å². The van der Waals surface area contributed by atoms with Gasteiger partial charge in [-0.15, -0.1) is 0 Å². The van der Waals surface area contributed by atoms with E-state index in [2.05, 4.69) is 13.0 Å². The summed E-state index contributed by atoms with van der Waals surface area (Å²) in [5.74, 6) is 0.199. The zero-order valence-corrected chi connectivity index (χ0v) is 18.2. The molecule has 180 valence electrons. The van der Waals surface area contributed by atoms with Gasteiger partial charge in [0, 0.05) is 0 Å². The summed E-state index contributed by atoms with van der Waals surface area (Å²) in [6.45, 7) is 5.11. The summed E-state index contributed by atoms with van der Waals surface area (Å²) in [4.78, 5) is 0. The Morgan fingerprint density at radius 3 is 2.13 bits per heavy atom. The monoisotopic (exact) mass is 448 g/mol. The molecule has 2 heterocycles. The molecule has 0 bridgehead atoms. The summed E-state index contributed by atoms with van der Waals surface area (Å²) in [5, 5.41) is 60.0. The molecule has 31 heavy (non-hydrogen) atoms. The van der Waals surface area contributed by atoms with Gasteiger partial charge in [-0.2, -0.15) is 0 Å². The van der Waals surface area contributed by atoms with Crippen molar-refractivity contribution in [3.8, 4) is 0 Å². The van der Waals surface area contributed by atoms with E-state index in [9.17, 15) is 25.5 Å². The van der Waals surface area contributed by atoms with Crippen LogP contribution in [0.15, 0.2) is 11.6 Å². The van der Waals surface area contributed by atoms with Crippen LogP contribution in [-0.2, 0) is 18.9 Å². The maximum absolute atomic E-state index is 10.4. The van der Waals surface area contributed by atoms with E-state index in [1.54, 1.807) is 0 Å². The van der Waals surface area contributed by atoms with Crippen molar-refractivity contribution >= 4 is 0 Å². The Morgan fingerprint density at radius 2 is 1.55 bits per heavy atom. The van der Waals surface area contributed by atoms with Crippen molar-refractivity contribution in [2.75, 3.05) is 13.2 Å². The number of rotatable bonds is 7. The molecule has 10 nitrogen and oxygen atoms in total. The highest BCUT2D eigenvalue weighted by Gasteiger charge is 2.49. The first-order valence-corrected chi connectivity index (χ1v) is 10.8. The topological polar surface area (TPSA) is 158 Å². The van der Waals surface area contributed by atoms with Gasteiger partial charge in [-0.05, 0) is 46.0 Å². The Kier molecular flexibility index (Phi) is 8.12. The second-order valence-electron chi connectivity index (χ2n) is 9.30. The lowest BCUT2D eigenvalue weighted by atomic mass is 9.79. The van der Waals surface area contributed by atoms with Crippen LogP contribution in [-0.4, -0.2) is 105 Å². The number of hydrogen-bond acceptors (Lipinski definition) is 10. The standard InChI is InChI=1S/C21H36O10/c1-10-4-6-11(7-5-10)21(2,3)31-20-18(27)16(25)15(24)13(30-20)9-28-19-17(26)14(23)12(8-22)29-19/h4,11-20,22-27H,5-9H2,1-3H3/t11-,12+,13+,14-,15+,16-,17+,18+,19-,20-/m1/s1. The van der Waals surface area contributed by atoms with Crippen LogP contribution in [0.5, 0.6) is 0 Å². The Hall–Kier alpha value is -0.660. The van der Waals surface area contributed by atoms with Gasteiger partial charge in [0.05, 0.1) is 18.8 Å². The first-order chi connectivity index (χ1) is 14.5. The van der Waals surface area contributed by atoms with Crippen molar-refractivity contribution in [3.63, 3.8) is 0 Å². The van der Waals surface area contributed by atoms with Crippen molar-refractivity contribution in [3.05, 3.63) is 11.6 Å². The molecular formula is C21H36O10. The lowest BCUT2D eigenvalue weighted by Crippen LogP contribution is -2.61. The normalized spacial score (nSPS) is 44.4. The van der Waals surface area contributed by atoms with E-state index in [4.69, 9.17) is 24.1 Å². The minimum Gasteiger partial charge on any atom is -0.394 e. The zero-order valence-electron chi connectivity index (χ0n) is 18.2. The minimum atomic E-state index is -1.53. The minimum absolute atomic E-state index is 0.199. The summed E-state index contributed by atoms with van der Waals surface area (Å²) in [5.41, 5.74) is 0.682. The summed E-state index contributed by atoms with van der Waals surface area (Å²) in [7, 11) is 0. The van der Waals surface area contributed by atoms with Crippen molar-refractivity contribution in [1.29, 1.82) is 0 Å². The Morgan fingerprint density at radius 1 is 0.935 bits per heavy atom. The lowest BCUT2D eigenvalue weighted by Gasteiger charge is -2.45. The van der Waals surface area contributed by atoms with Crippen molar-refractivity contribution in [1.82, 2.24) is 0 Å². The second-order valence-corrected chi connectivity index (χ2v) is 9.30. The number of allylic oxidation sites excluding steroid dienone is 2. The van der Waals surface area contributed by atoms with Crippen LogP contribution in [0, 0.1) is 5.92 Å². The third-order valence-corrected chi connectivity index (χ3v) is 6.63. The average Bonchev–Trinajstić information content (AvgIpc) is 3.01. The molecule has 0 aromatic carbocycles. The highest BCUT2D eigenvalue weighted by Crippen LogP contribution is 2.37. The van der Waals surface area contributed by atoms with Gasteiger partial charge in [-0.1, -0.05) is 11.6 Å². The zero-order chi connectivity index (χ0) is 22.9. The lowest BCUT2D eigenvalue weighted by molar-refractivity contribution is -0.334. The number of ether oxygens (including phenoxy) is 4. The smallest absolute Gasteiger partial charge is 0.187 e. The maximum atomic E-state index is 10.4. The van der Waals surface area contributed by atoms with E-state index in [1.807, 2.05) is 13.8 Å². The predicted octanol–water partition coefficient (Wildman–Crippen LogP) is -1.21. The average molecular weight is 449 g/mol. The number of aliphatic hydroxyl groups excluding tert-OH is 6. The van der Waals surface area contributed by atoms with Crippen LogP contribution in [0.2, 0.25) is 0 Å². The highest BCUT2D eigenvalue weighted by atomic mass is 16.7. The van der Waals surface area contributed by atoms with Crippen LogP contribution in [0.4, 0.5) is 0 Å². The van der Waals surface area contributed by atoms with Gasteiger partial charge in [-0.3, -0.25) is 0 Å². The van der Waals surface area contributed by atoms with E-state index in [-0.39, 0.29) is 12.5 Å². The van der Waals surface area contributed by atoms with E-state index >= 15 is 0 Å². The van der Waals surface area contributed by atoms with Crippen LogP contribution >= 0.6 is 0 Å².